The van der Waals surface area contributed by atoms with E-state index in [1.54, 1.807) is 0 Å². The van der Waals surface area contributed by atoms with E-state index in [4.69, 9.17) is 11.5 Å². The Bertz CT molecular complexity index is 519. The maximum atomic E-state index is 11.2. The van der Waals surface area contributed by atoms with Gasteiger partial charge in [0.1, 0.15) is 11.7 Å². The minimum Gasteiger partial charge on any atom is -0.393 e. The number of hydrogen-bond acceptors (Lipinski definition) is 5. The van der Waals surface area contributed by atoms with Gasteiger partial charge in [0.25, 0.3) is 5.69 Å². The van der Waals surface area contributed by atoms with E-state index in [-0.39, 0.29) is 29.3 Å². The normalized spacial score (nSPS) is 11.4. The lowest BCUT2D eigenvalue weighted by Gasteiger charge is -2.12. The Morgan fingerprint density at radius 3 is 2.78 bits per heavy atom. The zero-order chi connectivity index (χ0) is 13.7. The van der Waals surface area contributed by atoms with Crippen molar-refractivity contribution in [3.8, 4) is 12.3 Å². The maximum absolute atomic E-state index is 11.2. The van der Waals surface area contributed by atoms with E-state index in [9.17, 15) is 14.9 Å². The van der Waals surface area contributed by atoms with Crippen molar-refractivity contribution < 1.29 is 14.8 Å². The highest BCUT2D eigenvalue weighted by Crippen LogP contribution is 2.26. The van der Waals surface area contributed by atoms with Gasteiger partial charge in [-0.2, -0.15) is 0 Å². The van der Waals surface area contributed by atoms with Crippen LogP contribution in [0.5, 0.6) is 0 Å². The average molecular weight is 248 g/mol. The predicted octanol–water partition coefficient (Wildman–Crippen LogP) is 1.20. The van der Waals surface area contributed by atoms with Crippen molar-refractivity contribution in [1.82, 2.24) is 0 Å². The molecule has 6 heteroatoms. The highest BCUT2D eigenvalue weighted by Gasteiger charge is 2.17. The molecule has 1 atom stereocenters. The number of carbonyl (C=O) groups excluding carboxylic acids is 1. The minimum atomic E-state index is -0.716. The quantitative estimate of drug-likeness (QED) is 0.353. The zero-order valence-electron chi connectivity index (χ0n) is 9.71. The predicted molar refractivity (Wildman–Crippen MR) is 66.4 cm³/mol. The molecule has 0 saturated carbocycles. The van der Waals surface area contributed by atoms with Crippen LogP contribution in [0.2, 0.25) is 0 Å². The van der Waals surface area contributed by atoms with Crippen molar-refractivity contribution in [2.75, 3.05) is 11.9 Å². The van der Waals surface area contributed by atoms with Gasteiger partial charge in [-0.25, -0.2) is 0 Å². The van der Waals surface area contributed by atoms with Gasteiger partial charge < -0.3 is 10.4 Å². The molecule has 0 fully saturated rings. The van der Waals surface area contributed by atoms with E-state index >= 15 is 0 Å². The van der Waals surface area contributed by atoms with Crippen LogP contribution in [0, 0.1) is 22.5 Å². The van der Waals surface area contributed by atoms with E-state index in [1.165, 1.54) is 25.1 Å². The van der Waals surface area contributed by atoms with Crippen LogP contribution in [-0.4, -0.2) is 28.5 Å². The van der Waals surface area contributed by atoms with Gasteiger partial charge in [-0.05, 0) is 19.1 Å². The van der Waals surface area contributed by atoms with Crippen molar-refractivity contribution >= 4 is 17.2 Å². The summed E-state index contributed by atoms with van der Waals surface area (Å²) in [7, 11) is 0. The molecule has 0 radical (unpaired) electrons. The number of ketones is 1. The highest BCUT2D eigenvalue weighted by atomic mass is 16.6. The lowest BCUT2D eigenvalue weighted by Crippen LogP contribution is -2.22. The standard InChI is InChI=1S/C12H12N2O4/c1-3-10(7-15)13-11-5-4-9(8(2)16)6-12(11)14(17)18/h1,4-6,10,13,15H,7H2,2H3/t10-/m0/s1. The second kappa shape index (κ2) is 5.80. The average Bonchev–Trinajstić information content (AvgIpc) is 2.35. The molecular formula is C12H12N2O4. The molecular weight excluding hydrogens is 236 g/mol. The number of nitrogens with zero attached hydrogens (tertiary/aromatic N) is 1. The number of nitro groups is 1. The molecule has 0 spiro atoms. The first-order valence-electron chi connectivity index (χ1n) is 5.12. The molecule has 0 aliphatic carbocycles. The molecule has 0 bridgehead atoms. The fourth-order valence-electron chi connectivity index (χ4n) is 1.35. The molecule has 1 aromatic carbocycles. The van der Waals surface area contributed by atoms with Crippen molar-refractivity contribution in [2.24, 2.45) is 0 Å². The van der Waals surface area contributed by atoms with Gasteiger partial charge in [0.15, 0.2) is 5.78 Å². The summed E-state index contributed by atoms with van der Waals surface area (Å²) in [4.78, 5) is 21.4. The minimum absolute atomic E-state index is 0.169. The van der Waals surface area contributed by atoms with Crippen molar-refractivity contribution in [1.29, 1.82) is 0 Å². The van der Waals surface area contributed by atoms with Gasteiger partial charge in [-0.1, -0.05) is 5.92 Å². The third-order valence-electron chi connectivity index (χ3n) is 2.31. The molecule has 6 nitrogen and oxygen atoms in total. The van der Waals surface area contributed by atoms with Crippen LogP contribution in [0.3, 0.4) is 0 Å². The van der Waals surface area contributed by atoms with E-state index in [0.29, 0.717) is 0 Å². The summed E-state index contributed by atoms with van der Waals surface area (Å²) < 4.78 is 0. The van der Waals surface area contributed by atoms with Gasteiger partial charge in [-0.15, -0.1) is 6.42 Å². The number of anilines is 1. The second-order valence-electron chi connectivity index (χ2n) is 3.59. The topological polar surface area (TPSA) is 92.5 Å². The Morgan fingerprint density at radius 2 is 2.33 bits per heavy atom. The smallest absolute Gasteiger partial charge is 0.293 e. The van der Waals surface area contributed by atoms with Gasteiger partial charge >= 0.3 is 0 Å². The van der Waals surface area contributed by atoms with Crippen molar-refractivity contribution in [3.05, 3.63) is 33.9 Å². The van der Waals surface area contributed by atoms with Gasteiger partial charge in [0.2, 0.25) is 0 Å². The molecule has 94 valence electrons. The Hall–Kier alpha value is -2.39. The van der Waals surface area contributed by atoms with Gasteiger partial charge in [-0.3, -0.25) is 14.9 Å². The first-order chi connectivity index (χ1) is 8.49. The van der Waals surface area contributed by atoms with Crippen LogP contribution in [-0.2, 0) is 0 Å². The molecule has 0 unspecified atom stereocenters. The largest absolute Gasteiger partial charge is 0.393 e. The fourth-order valence-corrected chi connectivity index (χ4v) is 1.35. The Morgan fingerprint density at radius 1 is 1.67 bits per heavy atom. The molecule has 2 N–H and O–H groups in total. The number of rotatable bonds is 5. The number of nitrogens with one attached hydrogen (secondary N) is 1. The van der Waals surface area contributed by atoms with Crippen molar-refractivity contribution in [2.45, 2.75) is 13.0 Å². The van der Waals surface area contributed by atoms with E-state index in [1.807, 2.05) is 0 Å². The second-order valence-corrected chi connectivity index (χ2v) is 3.59. The summed E-state index contributed by atoms with van der Waals surface area (Å²) in [5.74, 6) is 1.99. The van der Waals surface area contributed by atoms with Crippen LogP contribution in [0.1, 0.15) is 17.3 Å². The van der Waals surface area contributed by atoms with Crippen LogP contribution >= 0.6 is 0 Å². The molecule has 0 aliphatic heterocycles. The van der Waals surface area contributed by atoms with E-state index in [0.717, 1.165) is 0 Å². The Balaban J connectivity index is 3.16. The third kappa shape index (κ3) is 3.06. The SMILES string of the molecule is C#C[C@@H](CO)Nc1ccc(C(C)=O)cc1[N+](=O)[O-]. The number of aliphatic hydroxyl groups excluding tert-OH is 1. The summed E-state index contributed by atoms with van der Waals surface area (Å²) in [6, 6.07) is 3.32. The summed E-state index contributed by atoms with van der Waals surface area (Å²) >= 11 is 0. The molecule has 0 amide bonds. The molecule has 0 saturated heterocycles. The lowest BCUT2D eigenvalue weighted by molar-refractivity contribution is -0.384. The number of hydrogen-bond donors (Lipinski definition) is 2. The lowest BCUT2D eigenvalue weighted by atomic mass is 10.1. The molecule has 0 heterocycles. The number of benzene rings is 1. The number of Topliss-reactive ketones (excluding diaryl/α,β-unsaturated/α-hetero) is 1. The van der Waals surface area contributed by atoms with E-state index in [2.05, 4.69) is 11.2 Å². The van der Waals surface area contributed by atoms with Crippen LogP contribution < -0.4 is 5.32 Å². The third-order valence-corrected chi connectivity index (χ3v) is 2.31. The van der Waals surface area contributed by atoms with Gasteiger partial charge in [0.05, 0.1) is 11.5 Å². The summed E-state index contributed by atoms with van der Waals surface area (Å²) in [6.45, 7) is 0.978. The monoisotopic (exact) mass is 248 g/mol. The zero-order valence-corrected chi connectivity index (χ0v) is 9.71. The molecule has 1 aromatic rings. The van der Waals surface area contributed by atoms with Crippen LogP contribution in [0.25, 0.3) is 0 Å². The maximum Gasteiger partial charge on any atom is 0.293 e. The summed E-state index contributed by atoms with van der Waals surface area (Å²) in [5.41, 5.74) is 0.159. The summed E-state index contributed by atoms with van der Waals surface area (Å²) in [6.07, 6.45) is 5.14. The fraction of sp³-hybridized carbons (Fsp3) is 0.250. The molecule has 0 aromatic heterocycles. The summed E-state index contributed by atoms with van der Waals surface area (Å²) in [5, 5.41) is 22.5. The molecule has 0 aliphatic rings. The number of terminal acetylenes is 1. The number of carbonyl (C=O) groups is 1. The molecule has 1 rings (SSSR count). The van der Waals surface area contributed by atoms with Gasteiger partial charge in [0, 0.05) is 11.6 Å². The number of nitro benzene ring substituents is 1. The van der Waals surface area contributed by atoms with E-state index < -0.39 is 11.0 Å². The first kappa shape index (κ1) is 13.7. The van der Waals surface area contributed by atoms with Crippen LogP contribution in [0.4, 0.5) is 11.4 Å². The number of aliphatic hydroxyl groups is 1. The Labute approximate surface area is 104 Å². The Kier molecular flexibility index (Phi) is 4.40. The van der Waals surface area contributed by atoms with Crippen LogP contribution in [0.15, 0.2) is 18.2 Å². The molecule has 18 heavy (non-hydrogen) atoms. The van der Waals surface area contributed by atoms with Crippen molar-refractivity contribution in [3.63, 3.8) is 0 Å². The first-order valence-corrected chi connectivity index (χ1v) is 5.12. The highest BCUT2D eigenvalue weighted by molar-refractivity contribution is 5.95.